The molecule has 0 bridgehead atoms. The summed E-state index contributed by atoms with van der Waals surface area (Å²) in [7, 11) is 0. The van der Waals surface area contributed by atoms with Crippen LogP contribution >= 0.6 is 11.5 Å². The molecule has 114 valence electrons. The van der Waals surface area contributed by atoms with Crippen LogP contribution in [0.3, 0.4) is 0 Å². The molecule has 0 N–H and O–H groups in total. The first-order valence-electron chi connectivity index (χ1n) is 7.49. The van der Waals surface area contributed by atoms with Gasteiger partial charge in [0, 0.05) is 0 Å². The van der Waals surface area contributed by atoms with Crippen molar-refractivity contribution in [3.8, 4) is 11.4 Å². The van der Waals surface area contributed by atoms with Crippen LogP contribution in [0.4, 0.5) is 0 Å². The van der Waals surface area contributed by atoms with Gasteiger partial charge in [0.05, 0.1) is 22.4 Å². The van der Waals surface area contributed by atoms with E-state index < -0.39 is 0 Å². The number of fused-ring (bicyclic) bond motifs is 1. The summed E-state index contributed by atoms with van der Waals surface area (Å²) in [6.07, 6.45) is 1.04. The Morgan fingerprint density at radius 3 is 2.50 bits per heavy atom. The average molecular weight is 313 g/mol. The molecular formula is C18H19NO2S. The normalized spacial score (nSPS) is 11.2. The summed E-state index contributed by atoms with van der Waals surface area (Å²) in [6, 6.07) is 15.4. The first kappa shape index (κ1) is 14.9. The molecule has 0 atom stereocenters. The van der Waals surface area contributed by atoms with Crippen molar-refractivity contribution in [2.24, 2.45) is 5.92 Å². The highest BCUT2D eigenvalue weighted by molar-refractivity contribution is 7.14. The largest absolute Gasteiger partial charge is 0.494 e. The summed E-state index contributed by atoms with van der Waals surface area (Å²) in [5.74, 6) is 1.48. The molecule has 2 aromatic carbocycles. The van der Waals surface area contributed by atoms with E-state index in [0.29, 0.717) is 5.92 Å². The highest BCUT2D eigenvalue weighted by atomic mass is 32.1. The smallest absolute Gasteiger partial charge is 0.273 e. The lowest BCUT2D eigenvalue weighted by atomic mass is 10.1. The van der Waals surface area contributed by atoms with Crippen LogP contribution in [0.5, 0.6) is 5.75 Å². The SMILES string of the molecule is CC(C)CCOc1ccc(-n2sc3ccccc3c2=O)cc1. The van der Waals surface area contributed by atoms with Crippen molar-refractivity contribution in [2.75, 3.05) is 6.61 Å². The van der Waals surface area contributed by atoms with Crippen molar-refractivity contribution in [2.45, 2.75) is 20.3 Å². The van der Waals surface area contributed by atoms with Crippen LogP contribution in [0.25, 0.3) is 15.8 Å². The van der Waals surface area contributed by atoms with Gasteiger partial charge >= 0.3 is 0 Å². The fourth-order valence-corrected chi connectivity index (χ4v) is 3.23. The summed E-state index contributed by atoms with van der Waals surface area (Å²) < 4.78 is 8.44. The van der Waals surface area contributed by atoms with E-state index in [1.807, 2.05) is 48.5 Å². The molecule has 0 unspecified atom stereocenters. The Hall–Kier alpha value is -2.07. The second kappa shape index (κ2) is 6.36. The molecule has 3 rings (SSSR count). The van der Waals surface area contributed by atoms with E-state index in [9.17, 15) is 4.79 Å². The maximum absolute atomic E-state index is 12.4. The highest BCUT2D eigenvalue weighted by Crippen LogP contribution is 2.21. The Bertz CT molecular complexity index is 815. The molecule has 3 nitrogen and oxygen atoms in total. The van der Waals surface area contributed by atoms with Gasteiger partial charge in [-0.05, 0) is 48.7 Å². The third-order valence-electron chi connectivity index (χ3n) is 3.53. The molecule has 22 heavy (non-hydrogen) atoms. The molecule has 3 aromatic rings. The maximum atomic E-state index is 12.4. The minimum absolute atomic E-state index is 0.0362. The maximum Gasteiger partial charge on any atom is 0.273 e. The first-order chi connectivity index (χ1) is 10.6. The fraction of sp³-hybridized carbons (Fsp3) is 0.278. The average Bonchev–Trinajstić information content (AvgIpc) is 2.85. The third-order valence-corrected chi connectivity index (χ3v) is 4.64. The molecular weight excluding hydrogens is 294 g/mol. The molecule has 0 spiro atoms. The van der Waals surface area contributed by atoms with Crippen molar-refractivity contribution in [3.63, 3.8) is 0 Å². The first-order valence-corrected chi connectivity index (χ1v) is 8.27. The summed E-state index contributed by atoms with van der Waals surface area (Å²) in [4.78, 5) is 12.4. The van der Waals surface area contributed by atoms with Crippen LogP contribution in [0.2, 0.25) is 0 Å². The summed E-state index contributed by atoms with van der Waals surface area (Å²) in [6.45, 7) is 5.08. The number of rotatable bonds is 5. The fourth-order valence-electron chi connectivity index (χ4n) is 2.23. The molecule has 4 heteroatoms. The number of hydrogen-bond donors (Lipinski definition) is 0. The Balaban J connectivity index is 1.82. The number of ether oxygens (including phenoxy) is 1. The zero-order chi connectivity index (χ0) is 15.5. The molecule has 0 aliphatic carbocycles. The second-order valence-electron chi connectivity index (χ2n) is 5.71. The number of hydrogen-bond acceptors (Lipinski definition) is 3. The molecule has 1 heterocycles. The van der Waals surface area contributed by atoms with E-state index in [2.05, 4.69) is 13.8 Å². The lowest BCUT2D eigenvalue weighted by Gasteiger charge is -2.08. The standard InChI is InChI=1S/C18H19NO2S/c1-13(2)11-12-21-15-9-7-14(8-10-15)19-18(20)16-5-3-4-6-17(16)22-19/h3-10,13H,11-12H2,1-2H3. The van der Waals surface area contributed by atoms with Crippen LogP contribution in [-0.2, 0) is 0 Å². The molecule has 0 radical (unpaired) electrons. The molecule has 1 aromatic heterocycles. The van der Waals surface area contributed by atoms with Crippen molar-refractivity contribution in [3.05, 3.63) is 58.9 Å². The van der Waals surface area contributed by atoms with Crippen molar-refractivity contribution in [1.29, 1.82) is 0 Å². The van der Waals surface area contributed by atoms with Crippen molar-refractivity contribution in [1.82, 2.24) is 3.96 Å². The van der Waals surface area contributed by atoms with Crippen LogP contribution in [-0.4, -0.2) is 10.6 Å². The minimum Gasteiger partial charge on any atom is -0.494 e. The van der Waals surface area contributed by atoms with E-state index in [1.54, 1.807) is 3.96 Å². The van der Waals surface area contributed by atoms with Gasteiger partial charge in [0.2, 0.25) is 0 Å². The van der Waals surface area contributed by atoms with Gasteiger partial charge in [0.15, 0.2) is 0 Å². The van der Waals surface area contributed by atoms with Crippen molar-refractivity contribution >= 4 is 21.6 Å². The molecule has 0 saturated carbocycles. The zero-order valence-corrected chi connectivity index (χ0v) is 13.6. The quantitative estimate of drug-likeness (QED) is 0.695. The lowest BCUT2D eigenvalue weighted by molar-refractivity contribution is 0.289. The Morgan fingerprint density at radius 2 is 1.82 bits per heavy atom. The Kier molecular flexibility index (Phi) is 4.29. The molecule has 0 aliphatic heterocycles. The van der Waals surface area contributed by atoms with E-state index >= 15 is 0 Å². The van der Waals surface area contributed by atoms with E-state index in [0.717, 1.165) is 34.6 Å². The van der Waals surface area contributed by atoms with E-state index in [-0.39, 0.29) is 5.56 Å². The van der Waals surface area contributed by atoms with Gasteiger partial charge in [-0.2, -0.15) is 0 Å². The Labute approximate surface area is 133 Å². The summed E-state index contributed by atoms with van der Waals surface area (Å²) in [5.41, 5.74) is 0.913. The van der Waals surface area contributed by atoms with Gasteiger partial charge < -0.3 is 4.74 Å². The van der Waals surface area contributed by atoms with Gasteiger partial charge in [-0.15, -0.1) is 0 Å². The van der Waals surface area contributed by atoms with Crippen LogP contribution in [0.15, 0.2) is 53.3 Å². The van der Waals surface area contributed by atoms with Crippen LogP contribution < -0.4 is 10.3 Å². The van der Waals surface area contributed by atoms with Gasteiger partial charge in [-0.25, -0.2) is 3.96 Å². The predicted molar refractivity (Wildman–Crippen MR) is 92.4 cm³/mol. The number of aromatic nitrogens is 1. The second-order valence-corrected chi connectivity index (χ2v) is 6.70. The highest BCUT2D eigenvalue weighted by Gasteiger charge is 2.08. The van der Waals surface area contributed by atoms with E-state index in [4.69, 9.17) is 4.74 Å². The number of nitrogens with zero attached hydrogens (tertiary/aromatic N) is 1. The monoisotopic (exact) mass is 313 g/mol. The molecule has 0 saturated heterocycles. The Morgan fingerprint density at radius 1 is 1.09 bits per heavy atom. The van der Waals surface area contributed by atoms with Gasteiger partial charge in [0.1, 0.15) is 5.75 Å². The minimum atomic E-state index is 0.0362. The van der Waals surface area contributed by atoms with Gasteiger partial charge in [-0.3, -0.25) is 4.79 Å². The van der Waals surface area contributed by atoms with Crippen molar-refractivity contribution < 1.29 is 4.74 Å². The van der Waals surface area contributed by atoms with Gasteiger partial charge in [-0.1, -0.05) is 37.5 Å². The van der Waals surface area contributed by atoms with Gasteiger partial charge in [0.25, 0.3) is 5.56 Å². The van der Waals surface area contributed by atoms with E-state index in [1.165, 1.54) is 11.5 Å². The lowest BCUT2D eigenvalue weighted by Crippen LogP contribution is -2.10. The van der Waals surface area contributed by atoms with Crippen LogP contribution in [0, 0.1) is 5.92 Å². The van der Waals surface area contributed by atoms with Crippen LogP contribution in [0.1, 0.15) is 20.3 Å². The molecule has 0 fully saturated rings. The third kappa shape index (κ3) is 3.07. The topological polar surface area (TPSA) is 31.2 Å². The number of benzene rings is 2. The summed E-state index contributed by atoms with van der Waals surface area (Å²) in [5, 5.41) is 0.768. The molecule has 0 aliphatic rings. The predicted octanol–water partition coefficient (Wildman–Crippen LogP) is 4.48. The molecule has 0 amide bonds. The summed E-state index contributed by atoms with van der Waals surface area (Å²) >= 11 is 1.47. The zero-order valence-electron chi connectivity index (χ0n) is 12.8.